The van der Waals surface area contributed by atoms with Gasteiger partial charge in [0.25, 0.3) is 5.56 Å². The second-order valence-electron chi connectivity index (χ2n) is 6.27. The Kier molecular flexibility index (Phi) is 5.18. The van der Waals surface area contributed by atoms with Crippen LogP contribution in [-0.4, -0.2) is 13.4 Å². The van der Waals surface area contributed by atoms with Gasteiger partial charge in [-0.1, -0.05) is 41.9 Å². The molecule has 0 atom stereocenters. The van der Waals surface area contributed by atoms with Crippen molar-refractivity contribution in [1.29, 1.82) is 0 Å². The lowest BCUT2D eigenvalue weighted by molar-refractivity contribution is 0.580. The van der Waals surface area contributed by atoms with Gasteiger partial charge in [-0.05, 0) is 48.1 Å². The summed E-state index contributed by atoms with van der Waals surface area (Å²) in [6, 6.07) is 12.4. The molecule has 0 radical (unpaired) electrons. The summed E-state index contributed by atoms with van der Waals surface area (Å²) in [6.07, 6.45) is 0. The second-order valence-corrected chi connectivity index (χ2v) is 8.48. The van der Waals surface area contributed by atoms with Crippen molar-refractivity contribution in [3.63, 3.8) is 0 Å². The fourth-order valence-electron chi connectivity index (χ4n) is 2.76. The number of rotatable bonds is 5. The smallest absolute Gasteiger partial charge is 0.252 e. The summed E-state index contributed by atoms with van der Waals surface area (Å²) < 4.78 is 27.1. The fourth-order valence-corrected chi connectivity index (χ4v) is 4.18. The van der Waals surface area contributed by atoms with Crippen LogP contribution in [0.3, 0.4) is 0 Å². The third-order valence-electron chi connectivity index (χ3n) is 4.41. The van der Waals surface area contributed by atoms with Gasteiger partial charge < -0.3 is 4.98 Å². The monoisotopic (exact) mass is 390 g/mol. The predicted octanol–water partition coefficient (Wildman–Crippen LogP) is 3.42. The van der Waals surface area contributed by atoms with Crippen LogP contribution in [-0.2, 0) is 22.3 Å². The van der Waals surface area contributed by atoms with Crippen LogP contribution in [0.2, 0.25) is 5.02 Å². The number of fused-ring (bicyclic) bond motifs is 1. The van der Waals surface area contributed by atoms with Crippen LogP contribution in [0.25, 0.3) is 10.9 Å². The molecule has 0 unspecified atom stereocenters. The molecule has 5 nitrogen and oxygen atoms in total. The third kappa shape index (κ3) is 3.98. The molecule has 0 fully saturated rings. The first-order chi connectivity index (χ1) is 12.3. The molecule has 0 spiro atoms. The molecule has 2 N–H and O–H groups in total. The van der Waals surface area contributed by atoms with Gasteiger partial charge in [0.05, 0.1) is 11.3 Å². The van der Waals surface area contributed by atoms with Gasteiger partial charge in [0.1, 0.15) is 0 Å². The summed E-state index contributed by atoms with van der Waals surface area (Å²) in [5.41, 5.74) is 3.44. The summed E-state index contributed by atoms with van der Waals surface area (Å²) in [5.74, 6) is -0.240. The first-order valence-electron chi connectivity index (χ1n) is 8.10. The van der Waals surface area contributed by atoms with E-state index in [2.05, 4.69) is 9.71 Å². The van der Waals surface area contributed by atoms with Crippen LogP contribution < -0.4 is 10.3 Å². The molecule has 0 saturated carbocycles. The number of hydrogen-bond donors (Lipinski definition) is 2. The Labute approximate surface area is 157 Å². The van der Waals surface area contributed by atoms with E-state index >= 15 is 0 Å². The van der Waals surface area contributed by atoms with Crippen LogP contribution >= 0.6 is 11.6 Å². The molecule has 0 aliphatic carbocycles. The van der Waals surface area contributed by atoms with Crippen LogP contribution in [0.1, 0.15) is 22.3 Å². The minimum atomic E-state index is -3.63. The van der Waals surface area contributed by atoms with E-state index < -0.39 is 10.0 Å². The van der Waals surface area contributed by atoms with Gasteiger partial charge in [-0.25, -0.2) is 13.1 Å². The van der Waals surface area contributed by atoms with E-state index in [1.54, 1.807) is 30.3 Å². The van der Waals surface area contributed by atoms with Crippen molar-refractivity contribution in [3.8, 4) is 0 Å². The number of benzene rings is 2. The Morgan fingerprint density at radius 3 is 2.54 bits per heavy atom. The maximum absolute atomic E-state index is 12.3. The van der Waals surface area contributed by atoms with Crippen molar-refractivity contribution in [3.05, 3.63) is 80.1 Å². The minimum absolute atomic E-state index is 0.0784. The standard InChI is InChI=1S/C19H19ClN2O3S/c1-12-7-8-14-9-16(19(23)22-18(14)13(12)2)10-21-26(24,25)11-15-5-3-4-6-17(15)20/h3-9,21H,10-11H2,1-2H3,(H,22,23). The van der Waals surface area contributed by atoms with Crippen LogP contribution in [0.15, 0.2) is 47.3 Å². The zero-order valence-electron chi connectivity index (χ0n) is 14.5. The molecular weight excluding hydrogens is 372 g/mol. The normalized spacial score (nSPS) is 11.8. The lowest BCUT2D eigenvalue weighted by atomic mass is 10.0. The number of halogens is 1. The highest BCUT2D eigenvalue weighted by molar-refractivity contribution is 7.88. The van der Waals surface area contributed by atoms with Crippen LogP contribution in [0.5, 0.6) is 0 Å². The Hall–Kier alpha value is -2.15. The number of nitrogens with one attached hydrogen (secondary N) is 2. The van der Waals surface area contributed by atoms with E-state index in [1.165, 1.54) is 0 Å². The van der Waals surface area contributed by atoms with Gasteiger partial charge in [0.15, 0.2) is 0 Å². The molecule has 1 aromatic heterocycles. The van der Waals surface area contributed by atoms with Crippen molar-refractivity contribution in [1.82, 2.24) is 9.71 Å². The number of aromatic nitrogens is 1. The molecule has 0 aliphatic rings. The minimum Gasteiger partial charge on any atom is -0.321 e. The average Bonchev–Trinajstić information content (AvgIpc) is 2.59. The molecule has 26 heavy (non-hydrogen) atoms. The van der Waals surface area contributed by atoms with Crippen LogP contribution in [0.4, 0.5) is 0 Å². The summed E-state index contributed by atoms with van der Waals surface area (Å²) in [7, 11) is -3.63. The van der Waals surface area contributed by atoms with E-state index in [9.17, 15) is 13.2 Å². The van der Waals surface area contributed by atoms with E-state index in [0.717, 1.165) is 22.0 Å². The van der Waals surface area contributed by atoms with E-state index in [0.29, 0.717) is 16.1 Å². The lowest BCUT2D eigenvalue weighted by Crippen LogP contribution is -2.28. The number of H-pyrrole nitrogens is 1. The predicted molar refractivity (Wildman–Crippen MR) is 105 cm³/mol. The molecule has 0 aliphatic heterocycles. The molecule has 0 saturated heterocycles. The highest BCUT2D eigenvalue weighted by Crippen LogP contribution is 2.19. The van der Waals surface area contributed by atoms with Crippen molar-refractivity contribution in [2.45, 2.75) is 26.1 Å². The fraction of sp³-hybridized carbons (Fsp3) is 0.211. The third-order valence-corrected chi connectivity index (χ3v) is 6.06. The largest absolute Gasteiger partial charge is 0.321 e. The van der Waals surface area contributed by atoms with E-state index in [1.807, 2.05) is 26.0 Å². The van der Waals surface area contributed by atoms with Gasteiger partial charge in [0.2, 0.25) is 10.0 Å². The lowest BCUT2D eigenvalue weighted by Gasteiger charge is -2.10. The number of pyridine rings is 1. The topological polar surface area (TPSA) is 79.0 Å². The quantitative estimate of drug-likeness (QED) is 0.700. The SMILES string of the molecule is Cc1ccc2cc(CNS(=O)(=O)Cc3ccccc3Cl)c(=O)[nH]c2c1C. The molecule has 136 valence electrons. The summed E-state index contributed by atoms with van der Waals surface area (Å²) >= 11 is 6.02. The van der Waals surface area contributed by atoms with Crippen molar-refractivity contribution >= 4 is 32.5 Å². The molecule has 0 bridgehead atoms. The van der Waals surface area contributed by atoms with Crippen molar-refractivity contribution in [2.24, 2.45) is 0 Å². The zero-order chi connectivity index (χ0) is 18.9. The zero-order valence-corrected chi connectivity index (χ0v) is 16.0. The molecule has 3 aromatic rings. The Balaban J connectivity index is 1.83. The van der Waals surface area contributed by atoms with Crippen LogP contribution in [0, 0.1) is 13.8 Å². The summed E-state index contributed by atoms with van der Waals surface area (Å²) in [6.45, 7) is 3.84. The van der Waals surface area contributed by atoms with Crippen molar-refractivity contribution < 1.29 is 8.42 Å². The van der Waals surface area contributed by atoms with Gasteiger partial charge in [0, 0.05) is 17.1 Å². The van der Waals surface area contributed by atoms with E-state index in [4.69, 9.17) is 11.6 Å². The maximum Gasteiger partial charge on any atom is 0.252 e. The summed E-state index contributed by atoms with van der Waals surface area (Å²) in [4.78, 5) is 15.2. The van der Waals surface area contributed by atoms with Gasteiger partial charge in [-0.3, -0.25) is 4.79 Å². The highest BCUT2D eigenvalue weighted by Gasteiger charge is 2.15. The maximum atomic E-state index is 12.3. The Morgan fingerprint density at radius 1 is 1.08 bits per heavy atom. The number of aryl methyl sites for hydroxylation is 2. The number of aromatic amines is 1. The molecular formula is C19H19ClN2O3S. The molecule has 1 heterocycles. The van der Waals surface area contributed by atoms with E-state index in [-0.39, 0.29) is 17.9 Å². The molecule has 7 heteroatoms. The van der Waals surface area contributed by atoms with Gasteiger partial charge in [-0.2, -0.15) is 0 Å². The first kappa shape index (κ1) is 18.6. The number of hydrogen-bond acceptors (Lipinski definition) is 3. The molecule has 3 rings (SSSR count). The van der Waals surface area contributed by atoms with Gasteiger partial charge >= 0.3 is 0 Å². The Morgan fingerprint density at radius 2 is 1.81 bits per heavy atom. The molecule has 2 aromatic carbocycles. The van der Waals surface area contributed by atoms with Crippen molar-refractivity contribution in [2.75, 3.05) is 0 Å². The molecule has 0 amide bonds. The first-order valence-corrected chi connectivity index (χ1v) is 10.1. The summed E-state index contributed by atoms with van der Waals surface area (Å²) in [5, 5.41) is 1.26. The van der Waals surface area contributed by atoms with Gasteiger partial charge in [-0.15, -0.1) is 0 Å². The Bertz CT molecular complexity index is 1140. The second kappa shape index (κ2) is 7.23. The number of sulfonamides is 1. The highest BCUT2D eigenvalue weighted by atomic mass is 35.5. The average molecular weight is 391 g/mol.